The standard InChI is InChI=1S/C22H15N3O8/c1-11-9-14(25(30)31)18(10-17(11)33-23-24(2)29)32-16-8-7-15(26)19-20(16)22(28)13-6-4-3-5-12(13)21(19)27/h3-10H,1-2H3,(H-,23,26,27,29)/p+1. The fraction of sp³-hybridized carbons (Fsp3) is 0.0909. The maximum atomic E-state index is 13.2. The number of rotatable bonds is 6. The van der Waals surface area contributed by atoms with Gasteiger partial charge >= 0.3 is 5.69 Å². The number of hydrogen-bond donors (Lipinski definition) is 2. The highest BCUT2D eigenvalue weighted by Crippen LogP contribution is 2.42. The minimum absolute atomic E-state index is 0.0543. The van der Waals surface area contributed by atoms with Crippen LogP contribution in [0.2, 0.25) is 0 Å². The van der Waals surface area contributed by atoms with Crippen molar-refractivity contribution in [2.75, 3.05) is 7.05 Å². The van der Waals surface area contributed by atoms with Gasteiger partial charge in [0.05, 0.1) is 21.0 Å². The van der Waals surface area contributed by atoms with Crippen LogP contribution in [0.3, 0.4) is 0 Å². The third kappa shape index (κ3) is 3.71. The predicted octanol–water partition coefficient (Wildman–Crippen LogP) is 3.38. The number of hydrogen-bond acceptors (Lipinski definition) is 8. The number of nitro groups is 1. The Morgan fingerprint density at radius 3 is 2.15 bits per heavy atom. The lowest BCUT2D eigenvalue weighted by molar-refractivity contribution is -0.624. The van der Waals surface area contributed by atoms with Gasteiger partial charge in [-0.25, -0.2) is 0 Å². The average Bonchev–Trinajstić information content (AvgIpc) is 2.78. The molecule has 0 fully saturated rings. The number of benzene rings is 3. The van der Waals surface area contributed by atoms with Crippen LogP contribution in [-0.2, 0) is 0 Å². The molecule has 0 aliphatic heterocycles. The Kier molecular flexibility index (Phi) is 5.22. The van der Waals surface area contributed by atoms with Gasteiger partial charge in [-0.15, -0.1) is 0 Å². The molecule has 2 N–H and O–H groups in total. The van der Waals surface area contributed by atoms with Crippen LogP contribution in [-0.4, -0.2) is 33.5 Å². The van der Waals surface area contributed by atoms with E-state index in [1.807, 2.05) is 5.59 Å². The van der Waals surface area contributed by atoms with Crippen molar-refractivity contribution in [2.45, 2.75) is 6.92 Å². The number of nitrogens with zero attached hydrogens (tertiary/aromatic N) is 2. The van der Waals surface area contributed by atoms with E-state index in [1.165, 1.54) is 43.3 Å². The van der Waals surface area contributed by atoms with Crippen LogP contribution in [0.4, 0.5) is 5.69 Å². The van der Waals surface area contributed by atoms with Crippen LogP contribution >= 0.6 is 0 Å². The number of aryl methyl sites for hydroxylation is 1. The van der Waals surface area contributed by atoms with E-state index in [2.05, 4.69) is 0 Å². The van der Waals surface area contributed by atoms with Gasteiger partial charge in [-0.2, -0.15) is 0 Å². The number of phenolic OH excluding ortho intramolecular Hbond substituents is 1. The van der Waals surface area contributed by atoms with Crippen LogP contribution in [0, 0.1) is 21.9 Å². The molecule has 0 saturated carbocycles. The molecule has 0 atom stereocenters. The average molecular weight is 450 g/mol. The monoisotopic (exact) mass is 450 g/mol. The summed E-state index contributed by atoms with van der Waals surface area (Å²) in [5.41, 5.74) is 1.72. The Hall–Kier alpha value is -4.80. The zero-order chi connectivity index (χ0) is 23.9. The molecule has 0 spiro atoms. The maximum Gasteiger partial charge on any atom is 0.312 e. The van der Waals surface area contributed by atoms with Gasteiger partial charge in [0.2, 0.25) is 12.8 Å². The second kappa shape index (κ2) is 8.04. The van der Waals surface area contributed by atoms with E-state index in [9.17, 15) is 29.7 Å². The van der Waals surface area contributed by atoms with E-state index in [-0.39, 0.29) is 44.4 Å². The van der Waals surface area contributed by atoms with Gasteiger partial charge in [0.25, 0.3) is 0 Å². The Morgan fingerprint density at radius 1 is 0.909 bits per heavy atom. The van der Waals surface area contributed by atoms with Crippen molar-refractivity contribution in [3.8, 4) is 23.0 Å². The lowest BCUT2D eigenvalue weighted by Crippen LogP contribution is -2.26. The van der Waals surface area contributed by atoms with Gasteiger partial charge in [0.1, 0.15) is 16.4 Å². The van der Waals surface area contributed by atoms with Crippen molar-refractivity contribution in [3.05, 3.63) is 91.4 Å². The molecule has 1 aliphatic rings. The van der Waals surface area contributed by atoms with Crippen LogP contribution in [0.1, 0.15) is 37.4 Å². The summed E-state index contributed by atoms with van der Waals surface area (Å²) in [7, 11) is 1.14. The molecule has 0 aromatic heterocycles. The summed E-state index contributed by atoms with van der Waals surface area (Å²) in [6.45, 7) is 1.53. The first-order valence-corrected chi connectivity index (χ1v) is 9.53. The molecular formula is C22H16N3O8+. The largest absolute Gasteiger partial charge is 0.507 e. The highest BCUT2D eigenvalue weighted by Gasteiger charge is 2.35. The summed E-state index contributed by atoms with van der Waals surface area (Å²) in [6, 6.07) is 10.9. The Balaban J connectivity index is 1.85. The van der Waals surface area contributed by atoms with E-state index in [4.69, 9.17) is 9.57 Å². The summed E-state index contributed by atoms with van der Waals surface area (Å²) < 4.78 is 5.74. The minimum atomic E-state index is -0.686. The fourth-order valence-corrected chi connectivity index (χ4v) is 3.48. The van der Waals surface area contributed by atoms with Crippen LogP contribution in [0.5, 0.6) is 23.0 Å². The normalized spacial score (nSPS) is 11.9. The van der Waals surface area contributed by atoms with E-state index < -0.39 is 27.9 Å². The maximum absolute atomic E-state index is 13.2. The summed E-state index contributed by atoms with van der Waals surface area (Å²) >= 11 is 0. The molecule has 11 nitrogen and oxygen atoms in total. The highest BCUT2D eigenvalue weighted by molar-refractivity contribution is 6.30. The van der Waals surface area contributed by atoms with Gasteiger partial charge in [-0.05, 0) is 19.1 Å². The Bertz CT molecular complexity index is 1370. The summed E-state index contributed by atoms with van der Waals surface area (Å²) in [5.74, 6) is -1.99. The van der Waals surface area contributed by atoms with E-state index in [0.717, 1.165) is 7.05 Å². The van der Waals surface area contributed by atoms with Crippen molar-refractivity contribution >= 4 is 17.3 Å². The van der Waals surface area contributed by atoms with Crippen molar-refractivity contribution in [3.63, 3.8) is 0 Å². The third-order valence-electron chi connectivity index (χ3n) is 4.97. The van der Waals surface area contributed by atoms with Crippen molar-refractivity contribution in [1.29, 1.82) is 0 Å². The summed E-state index contributed by atoms with van der Waals surface area (Å²) in [6.07, 6.45) is 0. The molecule has 0 radical (unpaired) electrons. The first kappa shape index (κ1) is 21.4. The van der Waals surface area contributed by atoms with E-state index in [0.29, 0.717) is 5.56 Å². The van der Waals surface area contributed by atoms with E-state index >= 15 is 0 Å². The molecule has 3 aromatic rings. The molecule has 1 aliphatic carbocycles. The third-order valence-corrected chi connectivity index (χ3v) is 4.97. The molecule has 166 valence electrons. The van der Waals surface area contributed by atoms with Crippen LogP contribution < -0.4 is 15.2 Å². The number of hydrazine groups is 1. The van der Waals surface area contributed by atoms with Gasteiger partial charge in [-0.3, -0.25) is 19.7 Å². The number of aromatic hydroxyl groups is 1. The molecule has 3 aromatic carbocycles. The highest BCUT2D eigenvalue weighted by atomic mass is 16.7. The zero-order valence-corrected chi connectivity index (χ0v) is 17.3. The Morgan fingerprint density at radius 2 is 1.55 bits per heavy atom. The number of ether oxygens (including phenoxy) is 1. The molecular weight excluding hydrogens is 434 g/mol. The fourth-order valence-electron chi connectivity index (χ4n) is 3.48. The number of nitroso groups, excluding NO2 is 1. The topological polar surface area (TPSA) is 148 Å². The lowest BCUT2D eigenvalue weighted by Gasteiger charge is -2.21. The number of nitrogens with one attached hydrogen (secondary N) is 1. The first-order valence-electron chi connectivity index (χ1n) is 9.53. The number of ketones is 2. The van der Waals surface area contributed by atoms with Gasteiger partial charge in [0, 0.05) is 34.4 Å². The van der Waals surface area contributed by atoms with Gasteiger partial charge in [0.15, 0.2) is 17.3 Å². The molecule has 0 heterocycles. The van der Waals surface area contributed by atoms with Gasteiger partial charge in [-0.1, -0.05) is 24.3 Å². The number of carbonyl (C=O) groups excluding carboxylic acids is 2. The number of carbonyl (C=O) groups is 2. The van der Waals surface area contributed by atoms with Crippen molar-refractivity contribution in [1.82, 2.24) is 5.59 Å². The van der Waals surface area contributed by atoms with Gasteiger partial charge < -0.3 is 14.7 Å². The molecule has 0 bridgehead atoms. The molecule has 33 heavy (non-hydrogen) atoms. The molecule has 0 saturated heterocycles. The van der Waals surface area contributed by atoms with Crippen molar-refractivity contribution < 1.29 is 34.1 Å². The number of phenols is 1. The summed E-state index contributed by atoms with van der Waals surface area (Å²) in [5, 5.41) is 21.9. The quantitative estimate of drug-likeness (QED) is 0.256. The van der Waals surface area contributed by atoms with E-state index in [1.54, 1.807) is 12.1 Å². The lowest BCUT2D eigenvalue weighted by atomic mass is 9.83. The SMILES string of the molecule is Cc1cc([N+](=O)[O-])c(Oc2ccc(O)c3c2C(=O)c2ccccc2C3=O)cc1ON[N+](C)=O. The predicted molar refractivity (Wildman–Crippen MR) is 113 cm³/mol. The zero-order valence-electron chi connectivity index (χ0n) is 17.3. The number of nitro benzene ring substituents is 1. The first-order chi connectivity index (χ1) is 15.7. The second-order valence-corrected chi connectivity index (χ2v) is 7.17. The molecule has 0 amide bonds. The van der Waals surface area contributed by atoms with Crippen molar-refractivity contribution in [2.24, 2.45) is 0 Å². The Labute approximate surface area is 185 Å². The van der Waals surface area contributed by atoms with Crippen LogP contribution in [0.15, 0.2) is 48.5 Å². The summed E-state index contributed by atoms with van der Waals surface area (Å²) in [4.78, 5) is 53.6. The number of fused-ring (bicyclic) bond motifs is 2. The second-order valence-electron chi connectivity index (χ2n) is 7.17. The minimum Gasteiger partial charge on any atom is -0.507 e. The molecule has 4 rings (SSSR count). The van der Waals surface area contributed by atoms with Crippen LogP contribution in [0.25, 0.3) is 0 Å². The smallest absolute Gasteiger partial charge is 0.312 e. The molecule has 11 heteroatoms. The molecule has 0 unspecified atom stereocenters.